The molecule has 1 aromatic carbocycles. The monoisotopic (exact) mass is 329 g/mol. The molecule has 1 aliphatic carbocycles. The van der Waals surface area contributed by atoms with Crippen LogP contribution in [0.5, 0.6) is 5.75 Å². The Balaban J connectivity index is 2.20. The molecule has 1 saturated carbocycles. The lowest BCUT2D eigenvalue weighted by molar-refractivity contribution is -0.139. The number of thiol groups is 1. The first-order valence-corrected chi connectivity index (χ1v) is 7.98. The highest BCUT2D eigenvalue weighted by Crippen LogP contribution is 2.33. The number of carbonyl (C=O) groups excluding carboxylic acids is 1. The highest BCUT2D eigenvalue weighted by molar-refractivity contribution is 7.67. The summed E-state index contributed by atoms with van der Waals surface area (Å²) < 4.78 is 36.5. The maximum absolute atomic E-state index is 11.4. The topological polar surface area (TPSA) is 82.1 Å². The van der Waals surface area contributed by atoms with E-state index in [1.165, 1.54) is 14.2 Å². The number of rotatable bonds is 8. The first kappa shape index (κ1) is 16.6. The summed E-state index contributed by atoms with van der Waals surface area (Å²) in [5.41, 5.74) is 1.12. The van der Waals surface area contributed by atoms with Crippen molar-refractivity contribution in [3.05, 3.63) is 23.8 Å². The number of esters is 1. The lowest BCUT2D eigenvalue weighted by Gasteiger charge is -2.19. The van der Waals surface area contributed by atoms with Crippen molar-refractivity contribution in [2.75, 3.05) is 25.8 Å². The maximum atomic E-state index is 11.4. The quantitative estimate of drug-likeness (QED) is 0.434. The molecule has 0 saturated heterocycles. The molecule has 0 amide bonds. The summed E-state index contributed by atoms with van der Waals surface area (Å²) in [5, 5.41) is 1.11. The van der Waals surface area contributed by atoms with Gasteiger partial charge in [-0.2, -0.15) is 4.28 Å². The molecule has 1 aliphatic rings. The van der Waals surface area contributed by atoms with E-state index in [1.807, 2.05) is 0 Å². The minimum absolute atomic E-state index is 0.0871. The minimum Gasteiger partial charge on any atom is -0.491 e. The average Bonchev–Trinajstić information content (AvgIpc) is 3.29. The zero-order valence-corrected chi connectivity index (χ0v) is 13.4. The van der Waals surface area contributed by atoms with Crippen molar-refractivity contribution in [3.63, 3.8) is 0 Å². The van der Waals surface area contributed by atoms with Crippen LogP contribution in [0.4, 0.5) is 5.69 Å². The Morgan fingerprint density at radius 3 is 2.68 bits per heavy atom. The second-order valence-corrected chi connectivity index (χ2v) is 5.72. The van der Waals surface area contributed by atoms with Gasteiger partial charge in [-0.25, -0.2) is 13.5 Å². The van der Waals surface area contributed by atoms with Crippen LogP contribution in [-0.4, -0.2) is 35.2 Å². The zero-order chi connectivity index (χ0) is 16.1. The number of methoxy groups -OCH3 is 1. The fraction of sp³-hybridized carbons (Fsp3) is 0.500. The Morgan fingerprint density at radius 1 is 1.36 bits per heavy atom. The van der Waals surface area contributed by atoms with Crippen LogP contribution >= 0.6 is 0 Å². The summed E-state index contributed by atoms with van der Waals surface area (Å²) in [6.07, 6.45) is 2.38. The van der Waals surface area contributed by atoms with Crippen LogP contribution in [0.1, 0.15) is 18.4 Å². The Labute approximate surface area is 130 Å². The molecule has 122 valence electrons. The van der Waals surface area contributed by atoms with Gasteiger partial charge in [0.1, 0.15) is 11.4 Å². The summed E-state index contributed by atoms with van der Waals surface area (Å²) in [6.45, 7) is 0.584. The molecule has 1 aromatic rings. The second-order valence-electron chi connectivity index (χ2n) is 5.11. The molecule has 0 radical (unpaired) electrons. The van der Waals surface area contributed by atoms with E-state index in [0.29, 0.717) is 29.5 Å². The van der Waals surface area contributed by atoms with Gasteiger partial charge in [0.2, 0.25) is 0 Å². The molecule has 7 nitrogen and oxygen atoms in total. The molecule has 0 N–H and O–H groups in total. The summed E-state index contributed by atoms with van der Waals surface area (Å²) in [4.78, 5) is 11.4. The van der Waals surface area contributed by atoms with Crippen molar-refractivity contribution in [2.24, 2.45) is 5.92 Å². The minimum atomic E-state index is -3.04. The van der Waals surface area contributed by atoms with Crippen molar-refractivity contribution in [1.82, 2.24) is 0 Å². The van der Waals surface area contributed by atoms with Crippen LogP contribution in [0, 0.1) is 5.92 Å². The number of hydroxylamine groups is 1. The molecular weight excluding hydrogens is 310 g/mol. The van der Waals surface area contributed by atoms with E-state index in [4.69, 9.17) is 4.74 Å². The predicted octanol–water partition coefficient (Wildman–Crippen LogP) is 1.09. The predicted molar refractivity (Wildman–Crippen MR) is 80.2 cm³/mol. The van der Waals surface area contributed by atoms with E-state index in [1.54, 1.807) is 18.2 Å². The van der Waals surface area contributed by atoms with Crippen LogP contribution in [0.3, 0.4) is 0 Å². The fourth-order valence-corrected chi connectivity index (χ4v) is 2.20. The largest absolute Gasteiger partial charge is 0.491 e. The highest BCUT2D eigenvalue weighted by atomic mass is 32.2. The van der Waals surface area contributed by atoms with Crippen molar-refractivity contribution >= 4 is 22.6 Å². The van der Waals surface area contributed by atoms with E-state index in [2.05, 4.69) is 9.02 Å². The number of nitrogens with zero attached hydrogens (tertiary/aromatic N) is 1. The third-order valence-electron chi connectivity index (χ3n) is 3.30. The van der Waals surface area contributed by atoms with Crippen molar-refractivity contribution in [2.45, 2.75) is 19.3 Å². The van der Waals surface area contributed by atoms with Gasteiger partial charge in [0.25, 0.3) is 11.0 Å². The van der Waals surface area contributed by atoms with Gasteiger partial charge in [-0.15, -0.1) is 0 Å². The highest BCUT2D eigenvalue weighted by Gasteiger charge is 2.23. The fourth-order valence-electron chi connectivity index (χ4n) is 1.92. The Morgan fingerprint density at radius 2 is 2.09 bits per heavy atom. The number of ether oxygens (including phenoxy) is 2. The number of hydrogen-bond acceptors (Lipinski definition) is 7. The normalized spacial score (nSPS) is 14.0. The smallest absolute Gasteiger partial charge is 0.309 e. The van der Waals surface area contributed by atoms with Gasteiger partial charge in [0.05, 0.1) is 20.1 Å². The first-order chi connectivity index (χ1) is 10.5. The third-order valence-corrected chi connectivity index (χ3v) is 3.68. The van der Waals surface area contributed by atoms with Crippen LogP contribution in [-0.2, 0) is 31.2 Å². The molecule has 0 heterocycles. The van der Waals surface area contributed by atoms with E-state index in [9.17, 15) is 13.2 Å². The third kappa shape index (κ3) is 4.88. The van der Waals surface area contributed by atoms with Gasteiger partial charge in [-0.1, -0.05) is 6.07 Å². The van der Waals surface area contributed by atoms with Gasteiger partial charge >= 0.3 is 5.97 Å². The lowest BCUT2D eigenvalue weighted by atomic mass is 10.1. The van der Waals surface area contributed by atoms with Gasteiger partial charge in [-0.05, 0) is 36.5 Å². The molecule has 8 heteroatoms. The van der Waals surface area contributed by atoms with Crippen molar-refractivity contribution < 1.29 is 27.0 Å². The molecule has 0 unspecified atom stereocenters. The van der Waals surface area contributed by atoms with Gasteiger partial charge in [0.15, 0.2) is 0 Å². The van der Waals surface area contributed by atoms with Crippen molar-refractivity contribution in [1.29, 1.82) is 0 Å². The maximum Gasteiger partial charge on any atom is 0.309 e. The standard InChI is InChI=1S/C14H19NO6S/c1-15(21-22(17)18)12-7-11(8-14(16)19-2)5-6-13(12)20-9-10-3-4-10/h5-7,10,22H,3-4,8-9H2,1-2H3. The SMILES string of the molecule is COC(=O)Cc1ccc(OCC2CC2)c(N(C)O[SH](=O)=O)c1. The van der Waals surface area contributed by atoms with Crippen molar-refractivity contribution in [3.8, 4) is 5.75 Å². The lowest BCUT2D eigenvalue weighted by Crippen LogP contribution is -2.18. The van der Waals surface area contributed by atoms with Gasteiger partial charge in [-0.3, -0.25) is 4.79 Å². The molecule has 1 fully saturated rings. The van der Waals surface area contributed by atoms with E-state index >= 15 is 0 Å². The van der Waals surface area contributed by atoms with Crippen LogP contribution in [0.2, 0.25) is 0 Å². The van der Waals surface area contributed by atoms with Crippen LogP contribution < -0.4 is 9.80 Å². The number of benzene rings is 1. The number of hydrogen-bond donors (Lipinski definition) is 1. The van der Waals surface area contributed by atoms with E-state index in [-0.39, 0.29) is 12.4 Å². The molecule has 0 spiro atoms. The Hall–Kier alpha value is -1.80. The summed E-state index contributed by atoms with van der Waals surface area (Å²) in [7, 11) is -0.258. The molecule has 0 aliphatic heterocycles. The van der Waals surface area contributed by atoms with Gasteiger partial charge < -0.3 is 9.47 Å². The Kier molecular flexibility index (Phi) is 5.62. The van der Waals surface area contributed by atoms with Gasteiger partial charge in [0, 0.05) is 7.05 Å². The molecule has 0 atom stereocenters. The summed E-state index contributed by atoms with van der Waals surface area (Å²) in [6, 6.07) is 5.10. The Bertz CT molecular complexity index is 603. The van der Waals surface area contributed by atoms with Crippen LogP contribution in [0.25, 0.3) is 0 Å². The second kappa shape index (κ2) is 7.46. The molecule has 22 heavy (non-hydrogen) atoms. The number of anilines is 1. The molecule has 0 aromatic heterocycles. The average molecular weight is 329 g/mol. The molecule has 2 rings (SSSR count). The van der Waals surface area contributed by atoms with E-state index in [0.717, 1.165) is 17.9 Å². The summed E-state index contributed by atoms with van der Waals surface area (Å²) >= 11 is 0. The van der Waals surface area contributed by atoms with E-state index < -0.39 is 11.0 Å². The van der Waals surface area contributed by atoms with Crippen LogP contribution in [0.15, 0.2) is 18.2 Å². The zero-order valence-electron chi connectivity index (χ0n) is 12.5. The summed E-state index contributed by atoms with van der Waals surface area (Å²) in [5.74, 6) is 0.695. The molecule has 0 bridgehead atoms. The molecular formula is C14H19NO6S. The first-order valence-electron chi connectivity index (χ1n) is 6.88. The number of carbonyl (C=O) groups is 1.